The lowest BCUT2D eigenvalue weighted by Gasteiger charge is -2.23. The second-order valence-electron chi connectivity index (χ2n) is 7.66. The number of anilines is 2. The minimum Gasteiger partial charge on any atom is -0.460 e. The lowest BCUT2D eigenvalue weighted by atomic mass is 10.0. The Labute approximate surface area is 152 Å². The number of fused-ring (bicyclic) bond motifs is 2. The smallest absolute Gasteiger partial charge is 0.195 e. The molecule has 2 unspecified atom stereocenters. The molecule has 0 aliphatic carbocycles. The van der Waals surface area contributed by atoms with Crippen LogP contribution in [0.4, 0.5) is 11.6 Å². The number of nitrogens with zero attached hydrogens (tertiary/aromatic N) is 6. The van der Waals surface area contributed by atoms with Gasteiger partial charge in [-0.2, -0.15) is 5.10 Å². The standard InChI is InChI=1S/C19H22N6O/c1-12(2)16-5-17(21-11-20-16)24-7-14-9-25(10-15(14)8-24)19-18-13(3-4-26-18)6-22-23-19/h3-6,11-12,14-15H,7-10H2,1-2H3. The maximum atomic E-state index is 5.64. The van der Waals surface area contributed by atoms with E-state index in [4.69, 9.17) is 4.42 Å². The van der Waals surface area contributed by atoms with Crippen LogP contribution < -0.4 is 9.80 Å². The van der Waals surface area contributed by atoms with Crippen molar-refractivity contribution in [3.05, 3.63) is 36.6 Å². The van der Waals surface area contributed by atoms with Gasteiger partial charge in [-0.05, 0) is 12.0 Å². The van der Waals surface area contributed by atoms with Crippen molar-refractivity contribution in [3.63, 3.8) is 0 Å². The Balaban J connectivity index is 1.33. The molecule has 2 fully saturated rings. The van der Waals surface area contributed by atoms with E-state index in [-0.39, 0.29) is 0 Å². The highest BCUT2D eigenvalue weighted by molar-refractivity contribution is 5.86. The first kappa shape index (κ1) is 15.5. The van der Waals surface area contributed by atoms with Gasteiger partial charge in [0.2, 0.25) is 0 Å². The van der Waals surface area contributed by atoms with Gasteiger partial charge in [0.15, 0.2) is 11.4 Å². The number of rotatable bonds is 3. The van der Waals surface area contributed by atoms with E-state index in [0.29, 0.717) is 17.8 Å². The Hall–Kier alpha value is -2.70. The average Bonchev–Trinajstić information content (AvgIpc) is 3.35. The van der Waals surface area contributed by atoms with Gasteiger partial charge in [-0.15, -0.1) is 5.10 Å². The van der Waals surface area contributed by atoms with Gasteiger partial charge in [0.05, 0.1) is 12.5 Å². The molecule has 134 valence electrons. The van der Waals surface area contributed by atoms with Gasteiger partial charge in [-0.3, -0.25) is 0 Å². The van der Waals surface area contributed by atoms with E-state index in [1.807, 2.05) is 6.07 Å². The quantitative estimate of drug-likeness (QED) is 0.719. The summed E-state index contributed by atoms with van der Waals surface area (Å²) in [6, 6.07) is 4.08. The maximum Gasteiger partial charge on any atom is 0.195 e. The lowest BCUT2D eigenvalue weighted by molar-refractivity contribution is 0.533. The van der Waals surface area contributed by atoms with Crippen LogP contribution in [0.5, 0.6) is 0 Å². The summed E-state index contributed by atoms with van der Waals surface area (Å²) < 4.78 is 5.64. The highest BCUT2D eigenvalue weighted by Crippen LogP contribution is 2.37. The average molecular weight is 350 g/mol. The number of hydrogen-bond donors (Lipinski definition) is 0. The van der Waals surface area contributed by atoms with Gasteiger partial charge in [-0.1, -0.05) is 13.8 Å². The first-order valence-electron chi connectivity index (χ1n) is 9.20. The van der Waals surface area contributed by atoms with E-state index in [2.05, 4.69) is 49.9 Å². The molecule has 7 heteroatoms. The molecule has 7 nitrogen and oxygen atoms in total. The van der Waals surface area contributed by atoms with Gasteiger partial charge in [0.25, 0.3) is 0 Å². The van der Waals surface area contributed by atoms with Crippen molar-refractivity contribution in [2.45, 2.75) is 19.8 Å². The second kappa shape index (κ2) is 5.93. The van der Waals surface area contributed by atoms with E-state index >= 15 is 0 Å². The Bertz CT molecular complexity index is 924. The van der Waals surface area contributed by atoms with Gasteiger partial charge >= 0.3 is 0 Å². The predicted molar refractivity (Wildman–Crippen MR) is 99.3 cm³/mol. The summed E-state index contributed by atoms with van der Waals surface area (Å²) in [6.45, 7) is 8.35. The summed E-state index contributed by atoms with van der Waals surface area (Å²) in [4.78, 5) is 13.6. The van der Waals surface area contributed by atoms with Crippen LogP contribution in [-0.2, 0) is 0 Å². The summed E-state index contributed by atoms with van der Waals surface area (Å²) in [5, 5.41) is 9.49. The van der Waals surface area contributed by atoms with E-state index in [9.17, 15) is 0 Å². The third-order valence-electron chi connectivity index (χ3n) is 5.62. The van der Waals surface area contributed by atoms with Crippen molar-refractivity contribution in [2.75, 3.05) is 36.0 Å². The first-order chi connectivity index (χ1) is 12.7. The fourth-order valence-electron chi connectivity index (χ4n) is 4.20. The van der Waals surface area contributed by atoms with Crippen molar-refractivity contribution in [2.24, 2.45) is 11.8 Å². The normalized spacial score (nSPS) is 22.6. The van der Waals surface area contributed by atoms with Crippen LogP contribution in [0.3, 0.4) is 0 Å². The third-order valence-corrected chi connectivity index (χ3v) is 5.62. The summed E-state index contributed by atoms with van der Waals surface area (Å²) in [7, 11) is 0. The SMILES string of the molecule is CC(C)c1cc(N2CC3CN(c4nncc5ccoc45)CC3C2)ncn1. The predicted octanol–water partition coefficient (Wildman–Crippen LogP) is 2.71. The minimum atomic E-state index is 0.418. The molecular formula is C19H22N6O. The van der Waals surface area contributed by atoms with Crippen molar-refractivity contribution < 1.29 is 4.42 Å². The monoisotopic (exact) mass is 350 g/mol. The van der Waals surface area contributed by atoms with Crippen LogP contribution in [0.1, 0.15) is 25.5 Å². The van der Waals surface area contributed by atoms with Crippen LogP contribution in [0.2, 0.25) is 0 Å². The highest BCUT2D eigenvalue weighted by Gasteiger charge is 2.41. The first-order valence-corrected chi connectivity index (χ1v) is 9.20. The Morgan fingerprint density at radius 1 is 1.08 bits per heavy atom. The molecular weight excluding hydrogens is 328 g/mol. The van der Waals surface area contributed by atoms with Crippen molar-refractivity contribution in [1.82, 2.24) is 20.2 Å². The molecule has 5 rings (SSSR count). The van der Waals surface area contributed by atoms with E-state index in [1.54, 1.807) is 18.8 Å². The molecule has 0 aromatic carbocycles. The van der Waals surface area contributed by atoms with Gasteiger partial charge < -0.3 is 14.2 Å². The molecule has 3 aromatic heterocycles. The number of furan rings is 1. The molecule has 26 heavy (non-hydrogen) atoms. The Morgan fingerprint density at radius 2 is 1.85 bits per heavy atom. The number of hydrogen-bond acceptors (Lipinski definition) is 7. The van der Waals surface area contributed by atoms with Crippen LogP contribution >= 0.6 is 0 Å². The summed E-state index contributed by atoms with van der Waals surface area (Å²) in [5.41, 5.74) is 1.95. The van der Waals surface area contributed by atoms with Gasteiger partial charge in [0, 0.05) is 55.2 Å². The highest BCUT2D eigenvalue weighted by atomic mass is 16.3. The van der Waals surface area contributed by atoms with E-state index in [1.165, 1.54) is 0 Å². The zero-order chi connectivity index (χ0) is 17.7. The molecule has 2 atom stereocenters. The molecule has 0 radical (unpaired) electrons. The third kappa shape index (κ3) is 2.50. The molecule has 0 bridgehead atoms. The lowest BCUT2D eigenvalue weighted by Crippen LogP contribution is -2.30. The van der Waals surface area contributed by atoms with Crippen LogP contribution in [-0.4, -0.2) is 46.3 Å². The number of aromatic nitrogens is 4. The molecule has 2 aliphatic rings. The molecule has 3 aromatic rings. The van der Waals surface area contributed by atoms with Crippen LogP contribution in [0.25, 0.3) is 11.0 Å². The molecule has 0 saturated carbocycles. The zero-order valence-electron chi connectivity index (χ0n) is 15.0. The summed E-state index contributed by atoms with van der Waals surface area (Å²) >= 11 is 0. The van der Waals surface area contributed by atoms with Crippen molar-refractivity contribution in [1.29, 1.82) is 0 Å². The fourth-order valence-corrected chi connectivity index (χ4v) is 4.20. The molecule has 0 amide bonds. The molecule has 5 heterocycles. The Kier molecular flexibility index (Phi) is 3.55. The van der Waals surface area contributed by atoms with Crippen molar-refractivity contribution >= 4 is 22.6 Å². The fraction of sp³-hybridized carbons (Fsp3) is 0.474. The molecule has 2 aliphatic heterocycles. The van der Waals surface area contributed by atoms with Crippen LogP contribution in [0, 0.1) is 11.8 Å². The molecule has 0 N–H and O–H groups in total. The second-order valence-corrected chi connectivity index (χ2v) is 7.66. The van der Waals surface area contributed by atoms with Gasteiger partial charge in [0.1, 0.15) is 12.1 Å². The van der Waals surface area contributed by atoms with E-state index in [0.717, 1.165) is 54.5 Å². The zero-order valence-corrected chi connectivity index (χ0v) is 15.0. The Morgan fingerprint density at radius 3 is 2.62 bits per heavy atom. The van der Waals surface area contributed by atoms with Crippen LogP contribution in [0.15, 0.2) is 35.3 Å². The molecule has 0 spiro atoms. The summed E-state index contributed by atoms with van der Waals surface area (Å²) in [6.07, 6.45) is 5.15. The van der Waals surface area contributed by atoms with E-state index < -0.39 is 0 Å². The maximum absolute atomic E-state index is 5.64. The largest absolute Gasteiger partial charge is 0.460 e. The topological polar surface area (TPSA) is 71.2 Å². The minimum absolute atomic E-state index is 0.418. The van der Waals surface area contributed by atoms with Gasteiger partial charge in [-0.25, -0.2) is 9.97 Å². The van der Waals surface area contributed by atoms with Crippen molar-refractivity contribution in [3.8, 4) is 0 Å². The molecule has 2 saturated heterocycles. The summed E-state index contributed by atoms with van der Waals surface area (Å²) in [5.74, 6) is 3.57.